The van der Waals surface area contributed by atoms with E-state index in [-0.39, 0.29) is 18.0 Å². The molecular formula is C17H15F2N3O3. The molecule has 6 nitrogen and oxygen atoms in total. The van der Waals surface area contributed by atoms with Crippen LogP contribution < -0.4 is 16.0 Å². The molecule has 0 radical (unpaired) electrons. The number of halogens is 2. The third-order valence-corrected chi connectivity index (χ3v) is 3.06. The van der Waals surface area contributed by atoms with Gasteiger partial charge in [0.2, 0.25) is 11.8 Å². The quantitative estimate of drug-likeness (QED) is 0.775. The lowest BCUT2D eigenvalue weighted by Gasteiger charge is -2.09. The van der Waals surface area contributed by atoms with Gasteiger partial charge in [-0.2, -0.15) is 0 Å². The smallest absolute Gasteiger partial charge is 0.251 e. The average Bonchev–Trinajstić information content (AvgIpc) is 2.55. The van der Waals surface area contributed by atoms with Crippen molar-refractivity contribution in [1.29, 1.82) is 0 Å². The second-order valence-electron chi connectivity index (χ2n) is 5.12. The molecule has 25 heavy (non-hydrogen) atoms. The van der Waals surface area contributed by atoms with Crippen LogP contribution >= 0.6 is 0 Å². The Labute approximate surface area is 142 Å². The van der Waals surface area contributed by atoms with E-state index in [1.54, 1.807) is 24.3 Å². The van der Waals surface area contributed by atoms with E-state index in [9.17, 15) is 23.2 Å². The van der Waals surface area contributed by atoms with E-state index in [2.05, 4.69) is 16.0 Å². The largest absolute Gasteiger partial charge is 0.343 e. The predicted octanol–water partition coefficient (Wildman–Crippen LogP) is 2.29. The van der Waals surface area contributed by atoms with Gasteiger partial charge in [0.05, 0.1) is 6.54 Å². The van der Waals surface area contributed by atoms with Gasteiger partial charge in [0.1, 0.15) is 0 Å². The molecule has 0 heterocycles. The Kier molecular flexibility index (Phi) is 5.78. The first kappa shape index (κ1) is 18.1. The Balaban J connectivity index is 1.91. The number of rotatable bonds is 5. The van der Waals surface area contributed by atoms with Gasteiger partial charge < -0.3 is 16.0 Å². The highest BCUT2D eigenvalue weighted by Crippen LogP contribution is 2.15. The maximum Gasteiger partial charge on any atom is 0.251 e. The molecule has 0 saturated carbocycles. The van der Waals surface area contributed by atoms with E-state index in [0.717, 1.165) is 18.2 Å². The summed E-state index contributed by atoms with van der Waals surface area (Å²) >= 11 is 0. The fourth-order valence-corrected chi connectivity index (χ4v) is 1.98. The average molecular weight is 347 g/mol. The SMILES string of the molecule is CC(=O)Nc1cccc(NC(=O)CNC(=O)c2ccc(F)c(F)c2)c1. The van der Waals surface area contributed by atoms with Crippen molar-refractivity contribution in [2.75, 3.05) is 17.2 Å². The molecule has 130 valence electrons. The van der Waals surface area contributed by atoms with Crippen LogP contribution in [0.25, 0.3) is 0 Å². The summed E-state index contributed by atoms with van der Waals surface area (Å²) in [5.41, 5.74) is 0.841. The van der Waals surface area contributed by atoms with Crippen LogP contribution in [0.4, 0.5) is 20.2 Å². The molecule has 0 saturated heterocycles. The van der Waals surface area contributed by atoms with E-state index in [1.165, 1.54) is 6.92 Å². The molecule has 2 aromatic rings. The lowest BCUT2D eigenvalue weighted by atomic mass is 10.2. The summed E-state index contributed by atoms with van der Waals surface area (Å²) in [6, 6.07) is 9.15. The Hall–Kier alpha value is -3.29. The van der Waals surface area contributed by atoms with Crippen molar-refractivity contribution < 1.29 is 23.2 Å². The molecule has 0 spiro atoms. The molecule has 0 aliphatic rings. The summed E-state index contributed by atoms with van der Waals surface area (Å²) in [5.74, 6) is -3.68. The number of nitrogens with one attached hydrogen (secondary N) is 3. The number of anilines is 2. The standard InChI is InChI=1S/C17H15F2N3O3/c1-10(23)21-12-3-2-4-13(8-12)22-16(24)9-20-17(25)11-5-6-14(18)15(19)7-11/h2-8H,9H2,1H3,(H,20,25)(H,21,23)(H,22,24). The first-order valence-electron chi connectivity index (χ1n) is 7.26. The van der Waals surface area contributed by atoms with E-state index in [4.69, 9.17) is 0 Å². The summed E-state index contributed by atoms with van der Waals surface area (Å²) in [5, 5.41) is 7.42. The van der Waals surface area contributed by atoms with Gasteiger partial charge in [0.15, 0.2) is 11.6 Å². The fourth-order valence-electron chi connectivity index (χ4n) is 1.98. The molecule has 2 aromatic carbocycles. The van der Waals surface area contributed by atoms with Gasteiger partial charge in [-0.1, -0.05) is 6.07 Å². The van der Waals surface area contributed by atoms with E-state index in [0.29, 0.717) is 11.4 Å². The first-order chi connectivity index (χ1) is 11.8. The molecule has 2 rings (SSSR count). The van der Waals surface area contributed by atoms with Crippen LogP contribution in [0.15, 0.2) is 42.5 Å². The predicted molar refractivity (Wildman–Crippen MR) is 88.1 cm³/mol. The van der Waals surface area contributed by atoms with Gasteiger partial charge >= 0.3 is 0 Å². The van der Waals surface area contributed by atoms with Crippen molar-refractivity contribution in [3.8, 4) is 0 Å². The molecule has 0 aromatic heterocycles. The number of carbonyl (C=O) groups excluding carboxylic acids is 3. The second kappa shape index (κ2) is 8.00. The zero-order valence-electron chi connectivity index (χ0n) is 13.2. The molecule has 3 N–H and O–H groups in total. The number of benzene rings is 2. The van der Waals surface area contributed by atoms with Crippen LogP contribution in [0, 0.1) is 11.6 Å². The first-order valence-corrected chi connectivity index (χ1v) is 7.26. The zero-order chi connectivity index (χ0) is 18.4. The molecule has 0 atom stereocenters. The molecule has 0 unspecified atom stereocenters. The van der Waals surface area contributed by atoms with E-state index in [1.807, 2.05) is 0 Å². The van der Waals surface area contributed by atoms with Crippen molar-refractivity contribution in [2.24, 2.45) is 0 Å². The van der Waals surface area contributed by atoms with Crippen molar-refractivity contribution >= 4 is 29.1 Å². The van der Waals surface area contributed by atoms with Crippen LogP contribution in [0.1, 0.15) is 17.3 Å². The highest BCUT2D eigenvalue weighted by Gasteiger charge is 2.11. The summed E-state index contributed by atoms with van der Waals surface area (Å²) in [7, 11) is 0. The highest BCUT2D eigenvalue weighted by molar-refractivity contribution is 5.99. The minimum Gasteiger partial charge on any atom is -0.343 e. The van der Waals surface area contributed by atoms with Crippen molar-refractivity contribution in [2.45, 2.75) is 6.92 Å². The molecule has 0 aliphatic heterocycles. The third-order valence-electron chi connectivity index (χ3n) is 3.06. The van der Waals surface area contributed by atoms with Gasteiger partial charge in [0, 0.05) is 23.9 Å². The number of hydrogen-bond donors (Lipinski definition) is 3. The molecule has 0 bridgehead atoms. The molecular weight excluding hydrogens is 332 g/mol. The second-order valence-corrected chi connectivity index (χ2v) is 5.12. The van der Waals surface area contributed by atoms with Crippen LogP contribution in [0.3, 0.4) is 0 Å². The topological polar surface area (TPSA) is 87.3 Å². The lowest BCUT2D eigenvalue weighted by molar-refractivity contribution is -0.115. The Morgan fingerprint density at radius 3 is 2.24 bits per heavy atom. The number of carbonyl (C=O) groups is 3. The summed E-state index contributed by atoms with van der Waals surface area (Å²) in [6.45, 7) is 1.00. The van der Waals surface area contributed by atoms with Crippen LogP contribution in [-0.2, 0) is 9.59 Å². The zero-order valence-corrected chi connectivity index (χ0v) is 13.2. The van der Waals surface area contributed by atoms with Crippen molar-refractivity contribution in [3.63, 3.8) is 0 Å². The molecule has 3 amide bonds. The van der Waals surface area contributed by atoms with Crippen molar-refractivity contribution in [1.82, 2.24) is 5.32 Å². The van der Waals surface area contributed by atoms with Crippen LogP contribution in [0.5, 0.6) is 0 Å². The Morgan fingerprint density at radius 1 is 0.920 bits per heavy atom. The molecule has 0 fully saturated rings. The summed E-state index contributed by atoms with van der Waals surface area (Å²) < 4.78 is 25.9. The van der Waals surface area contributed by atoms with Crippen molar-refractivity contribution in [3.05, 3.63) is 59.7 Å². The molecule has 0 aliphatic carbocycles. The monoisotopic (exact) mass is 347 g/mol. The van der Waals surface area contributed by atoms with Gasteiger partial charge in [-0.25, -0.2) is 8.78 Å². The van der Waals surface area contributed by atoms with E-state index < -0.39 is 23.4 Å². The summed E-state index contributed by atoms with van der Waals surface area (Å²) in [4.78, 5) is 34.7. The highest BCUT2D eigenvalue weighted by atomic mass is 19.2. The number of amides is 3. The van der Waals surface area contributed by atoms with Gasteiger partial charge in [-0.15, -0.1) is 0 Å². The fraction of sp³-hybridized carbons (Fsp3) is 0.118. The number of hydrogen-bond acceptors (Lipinski definition) is 3. The van der Waals surface area contributed by atoms with Gasteiger partial charge in [-0.05, 0) is 36.4 Å². The minimum absolute atomic E-state index is 0.0978. The Morgan fingerprint density at radius 2 is 1.60 bits per heavy atom. The summed E-state index contributed by atoms with van der Waals surface area (Å²) in [6.07, 6.45) is 0. The molecule has 8 heteroatoms. The minimum atomic E-state index is -1.15. The van der Waals surface area contributed by atoms with Crippen LogP contribution in [0.2, 0.25) is 0 Å². The Bertz CT molecular complexity index is 825. The van der Waals surface area contributed by atoms with Crippen LogP contribution in [-0.4, -0.2) is 24.3 Å². The maximum atomic E-state index is 13.1. The van der Waals surface area contributed by atoms with Gasteiger partial charge in [-0.3, -0.25) is 14.4 Å². The van der Waals surface area contributed by atoms with Gasteiger partial charge in [0.25, 0.3) is 5.91 Å². The third kappa shape index (κ3) is 5.38. The van der Waals surface area contributed by atoms with E-state index >= 15 is 0 Å². The lowest BCUT2D eigenvalue weighted by Crippen LogP contribution is -2.32. The maximum absolute atomic E-state index is 13.1. The normalized spacial score (nSPS) is 10.0.